The molecule has 3 aromatic rings. The van der Waals surface area contributed by atoms with Crippen LogP contribution in [0.3, 0.4) is 0 Å². The summed E-state index contributed by atoms with van der Waals surface area (Å²) in [6.07, 6.45) is 8.82. The van der Waals surface area contributed by atoms with E-state index in [1.165, 1.54) is 27.1 Å². The summed E-state index contributed by atoms with van der Waals surface area (Å²) >= 11 is 0. The number of hydrogen-bond donors (Lipinski definition) is 0. The van der Waals surface area contributed by atoms with Crippen molar-refractivity contribution in [3.8, 4) is 5.95 Å². The standard InChI is InChI=1S/C22H23N5O/c1-14-4-6-17(19-8-11-26(2)20(14)19)15-5-7-18-16(12-15)13-25-27(21(18)28)22-23-9-3-10-24-22/h3-4,6,9-10,13,15H,5,7-8,11-12H2,1-2H3. The van der Waals surface area contributed by atoms with Gasteiger partial charge in [-0.15, -0.1) is 0 Å². The Bertz CT molecular complexity index is 1110. The molecule has 1 atom stereocenters. The van der Waals surface area contributed by atoms with Crippen LogP contribution >= 0.6 is 0 Å². The second kappa shape index (κ2) is 6.55. The molecule has 142 valence electrons. The number of nitrogens with zero attached hydrogens (tertiary/aromatic N) is 5. The van der Waals surface area contributed by atoms with Gasteiger partial charge in [-0.3, -0.25) is 4.79 Å². The molecule has 0 spiro atoms. The highest BCUT2D eigenvalue weighted by atomic mass is 16.1. The normalized spacial score (nSPS) is 18.1. The lowest BCUT2D eigenvalue weighted by molar-refractivity contribution is 0.563. The lowest BCUT2D eigenvalue weighted by atomic mass is 9.79. The second-order valence-corrected chi connectivity index (χ2v) is 7.82. The smallest absolute Gasteiger partial charge is 0.277 e. The zero-order valence-electron chi connectivity index (χ0n) is 16.2. The van der Waals surface area contributed by atoms with Crippen LogP contribution in [0.15, 0.2) is 41.6 Å². The first-order valence-corrected chi connectivity index (χ1v) is 9.84. The van der Waals surface area contributed by atoms with Crippen molar-refractivity contribution < 1.29 is 0 Å². The van der Waals surface area contributed by atoms with Gasteiger partial charge in [0.05, 0.1) is 6.20 Å². The van der Waals surface area contributed by atoms with Gasteiger partial charge in [0, 0.05) is 37.2 Å². The summed E-state index contributed by atoms with van der Waals surface area (Å²) in [5.74, 6) is 0.773. The Kier molecular flexibility index (Phi) is 4.00. The van der Waals surface area contributed by atoms with Crippen LogP contribution < -0.4 is 10.5 Å². The molecule has 0 fully saturated rings. The summed E-state index contributed by atoms with van der Waals surface area (Å²) < 4.78 is 1.32. The van der Waals surface area contributed by atoms with E-state index in [-0.39, 0.29) is 5.56 Å². The summed E-state index contributed by atoms with van der Waals surface area (Å²) in [6, 6.07) is 6.28. The Morgan fingerprint density at radius 1 is 1.11 bits per heavy atom. The van der Waals surface area contributed by atoms with Crippen LogP contribution in [-0.4, -0.2) is 33.3 Å². The number of benzene rings is 1. The Labute approximate surface area is 163 Å². The maximum Gasteiger partial charge on any atom is 0.277 e. The average Bonchev–Trinajstić information content (AvgIpc) is 3.11. The zero-order valence-corrected chi connectivity index (χ0v) is 16.2. The number of hydrogen-bond acceptors (Lipinski definition) is 5. The third-order valence-electron chi connectivity index (χ3n) is 6.16. The summed E-state index contributed by atoms with van der Waals surface area (Å²) in [5.41, 5.74) is 7.53. The molecule has 1 aliphatic heterocycles. The number of anilines is 1. The predicted octanol–water partition coefficient (Wildman–Crippen LogP) is 2.60. The van der Waals surface area contributed by atoms with Gasteiger partial charge < -0.3 is 4.90 Å². The summed E-state index contributed by atoms with van der Waals surface area (Å²) in [6.45, 7) is 3.28. The Hall–Kier alpha value is -3.02. The number of aromatic nitrogens is 4. The fourth-order valence-corrected chi connectivity index (χ4v) is 4.80. The van der Waals surface area contributed by atoms with Crippen molar-refractivity contribution in [2.45, 2.75) is 38.5 Å². The summed E-state index contributed by atoms with van der Waals surface area (Å²) in [7, 11) is 2.18. The van der Waals surface area contributed by atoms with E-state index in [1.807, 2.05) is 6.20 Å². The molecule has 1 aliphatic carbocycles. The van der Waals surface area contributed by atoms with E-state index in [0.29, 0.717) is 11.9 Å². The third-order valence-corrected chi connectivity index (χ3v) is 6.16. The molecule has 2 aromatic heterocycles. The van der Waals surface area contributed by atoms with Gasteiger partial charge in [-0.1, -0.05) is 12.1 Å². The van der Waals surface area contributed by atoms with Crippen LogP contribution in [-0.2, 0) is 19.3 Å². The molecular weight excluding hydrogens is 350 g/mol. The van der Waals surface area contributed by atoms with Gasteiger partial charge in [0.25, 0.3) is 11.5 Å². The Morgan fingerprint density at radius 3 is 2.75 bits per heavy atom. The molecule has 1 aromatic carbocycles. The van der Waals surface area contributed by atoms with E-state index in [1.54, 1.807) is 18.5 Å². The van der Waals surface area contributed by atoms with Crippen molar-refractivity contribution in [1.82, 2.24) is 19.7 Å². The van der Waals surface area contributed by atoms with E-state index >= 15 is 0 Å². The molecule has 0 N–H and O–H groups in total. The number of likely N-dealkylation sites (N-methyl/N-ethyl adjacent to an activating group) is 1. The maximum absolute atomic E-state index is 12.9. The number of aryl methyl sites for hydroxylation is 1. The lowest BCUT2D eigenvalue weighted by Crippen LogP contribution is -2.30. The molecular formula is C22H23N5O. The largest absolute Gasteiger partial charge is 0.374 e. The van der Waals surface area contributed by atoms with E-state index in [2.05, 4.69) is 46.1 Å². The van der Waals surface area contributed by atoms with E-state index < -0.39 is 0 Å². The van der Waals surface area contributed by atoms with Crippen LogP contribution in [0.4, 0.5) is 5.69 Å². The molecule has 28 heavy (non-hydrogen) atoms. The molecule has 0 saturated heterocycles. The van der Waals surface area contributed by atoms with Crippen LogP contribution in [0.5, 0.6) is 0 Å². The molecule has 0 bridgehead atoms. The molecule has 1 unspecified atom stereocenters. The molecule has 2 aliphatic rings. The molecule has 6 heteroatoms. The van der Waals surface area contributed by atoms with Gasteiger partial charge in [0.2, 0.25) is 0 Å². The zero-order chi connectivity index (χ0) is 19.3. The number of rotatable bonds is 2. The van der Waals surface area contributed by atoms with Gasteiger partial charge in [-0.2, -0.15) is 9.78 Å². The van der Waals surface area contributed by atoms with Crippen molar-refractivity contribution in [3.63, 3.8) is 0 Å². The van der Waals surface area contributed by atoms with Crippen molar-refractivity contribution in [2.75, 3.05) is 18.5 Å². The topological polar surface area (TPSA) is 63.9 Å². The quantitative estimate of drug-likeness (QED) is 0.691. The average molecular weight is 373 g/mol. The fraction of sp³-hybridized carbons (Fsp3) is 0.364. The van der Waals surface area contributed by atoms with E-state index in [4.69, 9.17) is 0 Å². The van der Waals surface area contributed by atoms with Crippen molar-refractivity contribution in [3.05, 3.63) is 75.0 Å². The van der Waals surface area contributed by atoms with Gasteiger partial charge in [0.15, 0.2) is 0 Å². The lowest BCUT2D eigenvalue weighted by Gasteiger charge is -2.27. The Balaban J connectivity index is 1.51. The molecule has 6 nitrogen and oxygen atoms in total. The molecule has 0 radical (unpaired) electrons. The molecule has 0 saturated carbocycles. The van der Waals surface area contributed by atoms with E-state index in [9.17, 15) is 4.79 Å². The van der Waals surface area contributed by atoms with Crippen molar-refractivity contribution in [2.24, 2.45) is 0 Å². The van der Waals surface area contributed by atoms with Gasteiger partial charge in [-0.05, 0) is 66.8 Å². The minimum Gasteiger partial charge on any atom is -0.374 e. The maximum atomic E-state index is 12.9. The minimum absolute atomic E-state index is 0.0870. The van der Waals surface area contributed by atoms with E-state index in [0.717, 1.165) is 43.4 Å². The Morgan fingerprint density at radius 2 is 1.93 bits per heavy atom. The van der Waals surface area contributed by atoms with Crippen LogP contribution in [0, 0.1) is 6.92 Å². The van der Waals surface area contributed by atoms with Gasteiger partial charge in [0.1, 0.15) is 0 Å². The highest BCUT2D eigenvalue weighted by Gasteiger charge is 2.29. The molecule has 0 amide bonds. The number of fused-ring (bicyclic) bond motifs is 2. The highest BCUT2D eigenvalue weighted by molar-refractivity contribution is 5.65. The predicted molar refractivity (Wildman–Crippen MR) is 108 cm³/mol. The first kappa shape index (κ1) is 17.1. The third kappa shape index (κ3) is 2.63. The van der Waals surface area contributed by atoms with Crippen molar-refractivity contribution in [1.29, 1.82) is 0 Å². The molecule has 3 heterocycles. The van der Waals surface area contributed by atoms with Crippen LogP contribution in [0.2, 0.25) is 0 Å². The summed E-state index contributed by atoms with van der Waals surface area (Å²) in [5, 5.41) is 4.36. The molecule has 5 rings (SSSR count). The first-order valence-electron chi connectivity index (χ1n) is 9.84. The van der Waals surface area contributed by atoms with Crippen LogP contribution in [0.25, 0.3) is 5.95 Å². The highest BCUT2D eigenvalue weighted by Crippen LogP contribution is 2.40. The summed E-state index contributed by atoms with van der Waals surface area (Å²) in [4.78, 5) is 23.6. The van der Waals surface area contributed by atoms with Crippen molar-refractivity contribution >= 4 is 5.69 Å². The monoisotopic (exact) mass is 373 g/mol. The SMILES string of the molecule is Cc1ccc(C2CCc3c(cnn(-c4ncccn4)c3=O)C2)c2c1N(C)CC2. The van der Waals surface area contributed by atoms with Gasteiger partial charge >= 0.3 is 0 Å². The van der Waals surface area contributed by atoms with Crippen LogP contribution in [0.1, 0.15) is 40.2 Å². The fourth-order valence-electron chi connectivity index (χ4n) is 4.80. The van der Waals surface area contributed by atoms with Gasteiger partial charge in [-0.25, -0.2) is 9.97 Å². The minimum atomic E-state index is -0.0870. The second-order valence-electron chi connectivity index (χ2n) is 7.82. The first-order chi connectivity index (χ1) is 13.6.